The normalized spacial score (nSPS) is 15.1. The number of hydrogen-bond donors (Lipinski definition) is 0. The van der Waals surface area contributed by atoms with Crippen LogP contribution < -0.4 is 0 Å². The first-order chi connectivity index (χ1) is 8.02. The molecule has 0 saturated heterocycles. The smallest absolute Gasteiger partial charge is 0.377 e. The van der Waals surface area contributed by atoms with Crippen LogP contribution in [0.15, 0.2) is 11.6 Å². The first-order valence-corrected chi connectivity index (χ1v) is 4.91. The number of rotatable bonds is 6. The van der Waals surface area contributed by atoms with Crippen LogP contribution in [0.2, 0.25) is 0 Å². The van der Waals surface area contributed by atoms with Crippen molar-refractivity contribution in [1.29, 1.82) is 0 Å². The fraction of sp³-hybridized carbons (Fsp3) is 0.700. The molecule has 8 heteroatoms. The molecule has 0 aromatic carbocycles. The maximum absolute atomic E-state index is 13.2. The minimum absolute atomic E-state index is 0.116. The van der Waals surface area contributed by atoms with Gasteiger partial charge in [-0.05, 0) is 13.3 Å². The SMILES string of the molecule is [CH2]COCC=C(CC)C(F)(F)C(F)(F)C(F)(F)F. The van der Waals surface area contributed by atoms with Crippen molar-refractivity contribution < 1.29 is 35.5 Å². The summed E-state index contributed by atoms with van der Waals surface area (Å²) in [4.78, 5) is 0. The highest BCUT2D eigenvalue weighted by Gasteiger charge is 2.73. The van der Waals surface area contributed by atoms with Gasteiger partial charge in [0.05, 0.1) is 6.61 Å². The van der Waals surface area contributed by atoms with Gasteiger partial charge in [-0.25, -0.2) is 0 Å². The van der Waals surface area contributed by atoms with Gasteiger partial charge in [-0.2, -0.15) is 30.7 Å². The zero-order valence-corrected chi connectivity index (χ0v) is 9.46. The zero-order valence-electron chi connectivity index (χ0n) is 9.46. The van der Waals surface area contributed by atoms with Crippen molar-refractivity contribution in [3.63, 3.8) is 0 Å². The van der Waals surface area contributed by atoms with E-state index in [0.717, 1.165) is 6.92 Å². The maximum Gasteiger partial charge on any atom is 0.460 e. The highest BCUT2D eigenvalue weighted by molar-refractivity contribution is 5.19. The zero-order chi connectivity index (χ0) is 14.6. The van der Waals surface area contributed by atoms with E-state index in [4.69, 9.17) is 0 Å². The Hall–Kier alpha value is -0.790. The third kappa shape index (κ3) is 3.37. The predicted molar refractivity (Wildman–Crippen MR) is 50.5 cm³/mol. The van der Waals surface area contributed by atoms with Crippen LogP contribution in [-0.2, 0) is 4.74 Å². The Labute approximate surface area is 99.6 Å². The molecule has 0 aromatic heterocycles. The van der Waals surface area contributed by atoms with Crippen molar-refractivity contribution in [3.05, 3.63) is 18.6 Å². The second kappa shape index (κ2) is 5.90. The van der Waals surface area contributed by atoms with Gasteiger partial charge >= 0.3 is 18.0 Å². The van der Waals surface area contributed by atoms with E-state index in [9.17, 15) is 30.7 Å². The Bertz CT molecular complexity index is 293. The van der Waals surface area contributed by atoms with Crippen LogP contribution in [0, 0.1) is 6.92 Å². The molecule has 0 bridgehead atoms. The van der Waals surface area contributed by atoms with Gasteiger partial charge in [-0.3, -0.25) is 0 Å². The van der Waals surface area contributed by atoms with E-state index in [-0.39, 0.29) is 6.61 Å². The summed E-state index contributed by atoms with van der Waals surface area (Å²) in [5.74, 6) is -11.4. The molecule has 107 valence electrons. The largest absolute Gasteiger partial charge is 0.460 e. The summed E-state index contributed by atoms with van der Waals surface area (Å²) < 4.78 is 92.0. The third-order valence-electron chi connectivity index (χ3n) is 2.13. The summed E-state index contributed by atoms with van der Waals surface area (Å²) >= 11 is 0. The van der Waals surface area contributed by atoms with Gasteiger partial charge in [0.1, 0.15) is 0 Å². The molecule has 0 N–H and O–H groups in total. The summed E-state index contributed by atoms with van der Waals surface area (Å²) in [6, 6.07) is 0. The molecule has 0 amide bonds. The van der Waals surface area contributed by atoms with Crippen molar-refractivity contribution in [2.24, 2.45) is 0 Å². The molecule has 0 saturated carbocycles. The molecule has 1 radical (unpaired) electrons. The van der Waals surface area contributed by atoms with Crippen LogP contribution in [0.25, 0.3) is 0 Å². The average molecular weight is 281 g/mol. The van der Waals surface area contributed by atoms with Crippen molar-refractivity contribution in [2.75, 3.05) is 13.2 Å². The average Bonchev–Trinajstić information content (AvgIpc) is 2.22. The Morgan fingerprint density at radius 2 is 1.61 bits per heavy atom. The van der Waals surface area contributed by atoms with Crippen LogP contribution in [0.5, 0.6) is 0 Å². The maximum atomic E-state index is 13.2. The molecule has 0 aliphatic carbocycles. The van der Waals surface area contributed by atoms with E-state index < -0.39 is 36.6 Å². The van der Waals surface area contributed by atoms with Gasteiger partial charge in [0.25, 0.3) is 0 Å². The van der Waals surface area contributed by atoms with Gasteiger partial charge in [0.2, 0.25) is 0 Å². The second-order valence-corrected chi connectivity index (χ2v) is 3.30. The quantitative estimate of drug-likeness (QED) is 0.406. The summed E-state index contributed by atoms with van der Waals surface area (Å²) in [6.45, 7) is 3.62. The molecule has 0 heterocycles. The molecular weight excluding hydrogens is 269 g/mol. The van der Waals surface area contributed by atoms with E-state index >= 15 is 0 Å². The minimum atomic E-state index is -6.32. The molecule has 0 spiro atoms. The topological polar surface area (TPSA) is 9.23 Å². The first-order valence-electron chi connectivity index (χ1n) is 4.91. The predicted octanol–water partition coefficient (Wildman–Crippen LogP) is 4.01. The van der Waals surface area contributed by atoms with Gasteiger partial charge < -0.3 is 4.74 Å². The second-order valence-electron chi connectivity index (χ2n) is 3.30. The number of hydrogen-bond acceptors (Lipinski definition) is 1. The summed E-state index contributed by atoms with van der Waals surface area (Å²) in [5.41, 5.74) is -1.32. The van der Waals surface area contributed by atoms with Gasteiger partial charge in [-0.15, -0.1) is 0 Å². The molecule has 0 aliphatic rings. The number of alkyl halides is 7. The van der Waals surface area contributed by atoms with Crippen LogP contribution in [0.1, 0.15) is 13.3 Å². The molecule has 0 aromatic rings. The van der Waals surface area contributed by atoms with Crippen LogP contribution in [0.3, 0.4) is 0 Å². The van der Waals surface area contributed by atoms with Crippen molar-refractivity contribution in [3.8, 4) is 0 Å². The standard InChI is InChI=1S/C10H12F7O/c1-3-7(5-6-18-4-2)8(11,12)9(13,14)10(15,16)17/h5H,2-4,6H2,1H3. The summed E-state index contributed by atoms with van der Waals surface area (Å²) in [6.07, 6.45) is -6.46. The number of allylic oxidation sites excluding steroid dienone is 1. The molecule has 0 fully saturated rings. The monoisotopic (exact) mass is 281 g/mol. The molecule has 18 heavy (non-hydrogen) atoms. The molecule has 0 unspecified atom stereocenters. The van der Waals surface area contributed by atoms with Crippen molar-refractivity contribution in [2.45, 2.75) is 31.4 Å². The van der Waals surface area contributed by atoms with Crippen molar-refractivity contribution >= 4 is 0 Å². The Morgan fingerprint density at radius 3 is 1.94 bits per heavy atom. The highest BCUT2D eigenvalue weighted by Crippen LogP contribution is 2.50. The minimum Gasteiger partial charge on any atom is -0.377 e. The lowest BCUT2D eigenvalue weighted by Gasteiger charge is -2.29. The third-order valence-corrected chi connectivity index (χ3v) is 2.13. The van der Waals surface area contributed by atoms with E-state index in [0.29, 0.717) is 6.08 Å². The summed E-state index contributed by atoms with van der Waals surface area (Å²) in [7, 11) is 0. The number of halogens is 7. The van der Waals surface area contributed by atoms with E-state index in [2.05, 4.69) is 11.7 Å². The molecular formula is C10H12F7O. The Kier molecular flexibility index (Phi) is 5.64. The molecule has 0 rings (SSSR count). The van der Waals surface area contributed by atoms with Crippen LogP contribution in [0.4, 0.5) is 30.7 Å². The Balaban J connectivity index is 5.26. The van der Waals surface area contributed by atoms with Gasteiger partial charge in [-0.1, -0.05) is 13.0 Å². The van der Waals surface area contributed by atoms with Crippen molar-refractivity contribution in [1.82, 2.24) is 0 Å². The molecule has 1 nitrogen and oxygen atoms in total. The lowest BCUT2D eigenvalue weighted by Crippen LogP contribution is -2.52. The lowest BCUT2D eigenvalue weighted by molar-refractivity contribution is -0.344. The fourth-order valence-electron chi connectivity index (χ4n) is 1.12. The van der Waals surface area contributed by atoms with Crippen LogP contribution in [-0.4, -0.2) is 31.2 Å². The molecule has 0 atom stereocenters. The van der Waals surface area contributed by atoms with E-state index in [1.807, 2.05) is 0 Å². The number of ether oxygens (including phenoxy) is 1. The first kappa shape index (κ1) is 17.2. The van der Waals surface area contributed by atoms with Gasteiger partial charge in [0, 0.05) is 12.2 Å². The highest BCUT2D eigenvalue weighted by atomic mass is 19.4. The van der Waals surface area contributed by atoms with E-state index in [1.165, 1.54) is 0 Å². The summed E-state index contributed by atoms with van der Waals surface area (Å²) in [5, 5.41) is 0. The van der Waals surface area contributed by atoms with Crippen LogP contribution >= 0.6 is 0 Å². The van der Waals surface area contributed by atoms with Gasteiger partial charge in [0.15, 0.2) is 0 Å². The fourth-order valence-corrected chi connectivity index (χ4v) is 1.12. The van der Waals surface area contributed by atoms with E-state index in [1.54, 1.807) is 0 Å². The lowest BCUT2D eigenvalue weighted by atomic mass is 9.99. The molecule has 0 aliphatic heterocycles. The Morgan fingerprint density at radius 1 is 1.11 bits per heavy atom.